The second-order valence-electron chi connectivity index (χ2n) is 3.87. The summed E-state index contributed by atoms with van der Waals surface area (Å²) >= 11 is 4.98. The van der Waals surface area contributed by atoms with Crippen molar-refractivity contribution >= 4 is 28.8 Å². The summed E-state index contributed by atoms with van der Waals surface area (Å²) in [5, 5.41) is 13.6. The molecule has 0 bridgehead atoms. The molecule has 1 rings (SSSR count). The van der Waals surface area contributed by atoms with Crippen LogP contribution >= 0.6 is 12.2 Å². The monoisotopic (exact) mass is 269 g/mol. The van der Waals surface area contributed by atoms with Gasteiger partial charge >= 0.3 is 0 Å². The molecule has 0 aliphatic carbocycles. The molecule has 6 nitrogen and oxygen atoms in total. The van der Waals surface area contributed by atoms with Crippen LogP contribution in [0.1, 0.15) is 0 Å². The zero-order valence-electron chi connectivity index (χ0n) is 10.3. The van der Waals surface area contributed by atoms with Crippen molar-refractivity contribution in [1.29, 1.82) is 0 Å². The quantitative estimate of drug-likeness (QED) is 0.500. The topological polar surface area (TPSA) is 67.6 Å². The molecule has 1 aromatic rings. The van der Waals surface area contributed by atoms with Gasteiger partial charge in [-0.25, -0.2) is 0 Å². The van der Waals surface area contributed by atoms with Gasteiger partial charge in [0.05, 0.1) is 4.92 Å². The number of nitro groups is 1. The van der Waals surface area contributed by atoms with E-state index in [1.54, 1.807) is 12.1 Å². The average molecular weight is 269 g/mol. The highest BCUT2D eigenvalue weighted by Gasteiger charge is 2.06. The molecule has 0 spiro atoms. The van der Waals surface area contributed by atoms with Crippen molar-refractivity contribution in [2.45, 2.75) is 0 Å². The van der Waals surface area contributed by atoms with Crippen LogP contribution in [0.4, 0.5) is 11.4 Å². The Balaban J connectivity index is 2.49. The summed E-state index contributed by atoms with van der Waals surface area (Å²) in [6.07, 6.45) is 0. The van der Waals surface area contributed by atoms with Crippen molar-refractivity contribution in [3.8, 4) is 0 Å². The number of rotatable bonds is 5. The molecule has 0 aliphatic heterocycles. The third-order valence-corrected chi connectivity index (χ3v) is 2.29. The molecule has 98 valence electrons. The predicted octanol–water partition coefficient (Wildman–Crippen LogP) is 1.87. The zero-order chi connectivity index (χ0) is 13.5. The lowest BCUT2D eigenvalue weighted by Crippen LogP contribution is -2.22. The van der Waals surface area contributed by atoms with E-state index in [0.717, 1.165) is 6.54 Å². The maximum atomic E-state index is 10.6. The Morgan fingerprint density at radius 1 is 1.56 bits per heavy atom. The highest BCUT2D eigenvalue weighted by Crippen LogP contribution is 2.17. The van der Waals surface area contributed by atoms with Crippen LogP contribution in [0.25, 0.3) is 0 Å². The van der Waals surface area contributed by atoms with Crippen LogP contribution in [0.5, 0.6) is 0 Å². The summed E-state index contributed by atoms with van der Waals surface area (Å²) < 4.78 is 5.27. The molecule has 0 saturated heterocycles. The maximum absolute atomic E-state index is 10.6. The summed E-state index contributed by atoms with van der Waals surface area (Å²) in [4.78, 5) is 12.1. The first-order valence-electron chi connectivity index (χ1n) is 5.32. The zero-order valence-corrected chi connectivity index (χ0v) is 11.1. The van der Waals surface area contributed by atoms with Gasteiger partial charge in [0.2, 0.25) is 0 Å². The molecule has 18 heavy (non-hydrogen) atoms. The summed E-state index contributed by atoms with van der Waals surface area (Å²) in [5.41, 5.74) is 0.551. The molecule has 7 heteroatoms. The average Bonchev–Trinajstić information content (AvgIpc) is 2.28. The molecule has 0 heterocycles. The van der Waals surface area contributed by atoms with E-state index < -0.39 is 4.92 Å². The Hall–Kier alpha value is -1.73. The minimum absolute atomic E-state index is 0.0103. The first kappa shape index (κ1) is 14.3. The number of nitrogens with zero attached hydrogens (tertiary/aromatic N) is 2. The fraction of sp³-hybridized carbons (Fsp3) is 0.364. The molecule has 1 N–H and O–H groups in total. The standard InChI is InChI=1S/C11H15N3O3S/c1-13(2)6-7-17-11(18)12-9-4-3-5-10(8-9)14(15)16/h3-5,8H,6-7H2,1-2H3,(H,12,18). The second kappa shape index (κ2) is 6.87. The molecule has 0 aromatic heterocycles. The number of nitrogens with one attached hydrogen (secondary N) is 1. The Kier molecular flexibility index (Phi) is 5.47. The van der Waals surface area contributed by atoms with Crippen LogP contribution in [0.3, 0.4) is 0 Å². The van der Waals surface area contributed by atoms with E-state index >= 15 is 0 Å². The molecule has 0 unspecified atom stereocenters. The molecule has 0 amide bonds. The number of anilines is 1. The van der Waals surface area contributed by atoms with Gasteiger partial charge in [-0.3, -0.25) is 10.1 Å². The van der Waals surface area contributed by atoms with Crippen molar-refractivity contribution < 1.29 is 9.66 Å². The fourth-order valence-corrected chi connectivity index (χ4v) is 1.37. The highest BCUT2D eigenvalue weighted by molar-refractivity contribution is 7.80. The van der Waals surface area contributed by atoms with Gasteiger partial charge in [0.1, 0.15) is 6.61 Å². The van der Waals surface area contributed by atoms with Crippen molar-refractivity contribution in [2.75, 3.05) is 32.6 Å². The predicted molar refractivity (Wildman–Crippen MR) is 73.8 cm³/mol. The molecule has 0 fully saturated rings. The van der Waals surface area contributed by atoms with Crippen molar-refractivity contribution in [3.05, 3.63) is 34.4 Å². The molecule has 0 atom stereocenters. The van der Waals surface area contributed by atoms with E-state index in [2.05, 4.69) is 5.32 Å². The van der Waals surface area contributed by atoms with E-state index in [1.165, 1.54) is 12.1 Å². The smallest absolute Gasteiger partial charge is 0.271 e. The van der Waals surface area contributed by atoms with E-state index in [-0.39, 0.29) is 10.9 Å². The van der Waals surface area contributed by atoms with Gasteiger partial charge in [0.15, 0.2) is 0 Å². The summed E-state index contributed by atoms with van der Waals surface area (Å²) in [6, 6.07) is 6.10. The summed E-state index contributed by atoms with van der Waals surface area (Å²) in [5.74, 6) is 0. The number of ether oxygens (including phenoxy) is 1. The van der Waals surface area contributed by atoms with Crippen molar-refractivity contribution in [2.24, 2.45) is 0 Å². The summed E-state index contributed by atoms with van der Waals surface area (Å²) in [7, 11) is 3.86. The van der Waals surface area contributed by atoms with Gasteiger partial charge in [0, 0.05) is 24.4 Å². The largest absolute Gasteiger partial charge is 0.469 e. The molecular weight excluding hydrogens is 254 g/mol. The third-order valence-electron chi connectivity index (χ3n) is 2.08. The van der Waals surface area contributed by atoms with E-state index in [1.807, 2.05) is 19.0 Å². The van der Waals surface area contributed by atoms with Crippen LogP contribution in [0, 0.1) is 10.1 Å². The van der Waals surface area contributed by atoms with Crippen LogP contribution in [0.2, 0.25) is 0 Å². The van der Waals surface area contributed by atoms with Crippen LogP contribution in [0.15, 0.2) is 24.3 Å². The van der Waals surface area contributed by atoms with Gasteiger partial charge in [-0.2, -0.15) is 0 Å². The molecule has 1 aromatic carbocycles. The molecule has 0 radical (unpaired) electrons. The first-order chi connectivity index (χ1) is 8.49. The lowest BCUT2D eigenvalue weighted by molar-refractivity contribution is -0.384. The second-order valence-corrected chi connectivity index (χ2v) is 4.24. The number of hydrogen-bond donors (Lipinski definition) is 1. The lowest BCUT2D eigenvalue weighted by Gasteiger charge is -2.12. The number of nitro benzene ring substituents is 1. The number of likely N-dealkylation sites (N-methyl/N-ethyl adjacent to an activating group) is 1. The third kappa shape index (κ3) is 5.07. The van der Waals surface area contributed by atoms with E-state index in [9.17, 15) is 10.1 Å². The van der Waals surface area contributed by atoms with Gasteiger partial charge < -0.3 is 15.0 Å². The molecule has 0 saturated carbocycles. The normalized spacial score (nSPS) is 10.2. The van der Waals surface area contributed by atoms with Crippen LogP contribution < -0.4 is 5.32 Å². The Labute approximate surface area is 111 Å². The van der Waals surface area contributed by atoms with Gasteiger partial charge in [-0.1, -0.05) is 6.07 Å². The van der Waals surface area contributed by atoms with Crippen molar-refractivity contribution in [3.63, 3.8) is 0 Å². The van der Waals surface area contributed by atoms with Gasteiger partial charge in [0.25, 0.3) is 10.9 Å². The minimum atomic E-state index is -0.457. The molecule has 0 aliphatic rings. The van der Waals surface area contributed by atoms with E-state index in [4.69, 9.17) is 17.0 Å². The van der Waals surface area contributed by atoms with Crippen molar-refractivity contribution in [1.82, 2.24) is 4.90 Å². The number of non-ortho nitro benzene ring substituents is 1. The maximum Gasteiger partial charge on any atom is 0.271 e. The highest BCUT2D eigenvalue weighted by atomic mass is 32.1. The number of benzene rings is 1. The molecular formula is C11H15N3O3S. The number of hydrogen-bond acceptors (Lipinski definition) is 5. The van der Waals surface area contributed by atoms with Crippen LogP contribution in [-0.4, -0.2) is 42.2 Å². The minimum Gasteiger partial charge on any atom is -0.469 e. The SMILES string of the molecule is CN(C)CCOC(=S)Nc1cccc([N+](=O)[O-])c1. The number of thiocarbonyl (C=S) groups is 1. The fourth-order valence-electron chi connectivity index (χ4n) is 1.17. The van der Waals surface area contributed by atoms with Gasteiger partial charge in [-0.15, -0.1) is 0 Å². The Morgan fingerprint density at radius 2 is 2.28 bits per heavy atom. The Bertz CT molecular complexity index is 437. The summed E-state index contributed by atoms with van der Waals surface area (Å²) in [6.45, 7) is 1.21. The Morgan fingerprint density at radius 3 is 2.89 bits per heavy atom. The van der Waals surface area contributed by atoms with Crippen LogP contribution in [-0.2, 0) is 4.74 Å². The van der Waals surface area contributed by atoms with E-state index in [0.29, 0.717) is 12.3 Å². The lowest BCUT2D eigenvalue weighted by atomic mass is 10.3. The van der Waals surface area contributed by atoms with Gasteiger partial charge in [-0.05, 0) is 32.4 Å². The first-order valence-corrected chi connectivity index (χ1v) is 5.73.